The maximum atomic E-state index is 14.3. The zero-order chi connectivity index (χ0) is 29.4. The second-order valence-corrected chi connectivity index (χ2v) is 12.2. The largest absolute Gasteiger partial charge is 0.476 e. The standard InChI is InChI=1S/C30H31FN6O4S/c1-18-14-36(16-24-34-27-26(35-28(42-27)29(38)39)37(24)15-21-8-11-40-21)10-9-30(18,2)23-4-3-5-25(33-23)41-17-20-7-6-19(13-32)12-22(20)31/h3-7,12,18,21H,8-11,14-17H2,1-2H3,(H,38,39)/t18-,21+,30-/m1/s1. The van der Waals surface area contributed by atoms with Gasteiger partial charge < -0.3 is 19.1 Å². The minimum Gasteiger partial charge on any atom is -0.476 e. The van der Waals surface area contributed by atoms with Crippen molar-refractivity contribution in [1.29, 1.82) is 5.26 Å². The Hall–Kier alpha value is -3.92. The second-order valence-electron chi connectivity index (χ2n) is 11.2. The van der Waals surface area contributed by atoms with E-state index in [-0.39, 0.29) is 34.6 Å². The van der Waals surface area contributed by atoms with Crippen LogP contribution in [0, 0.1) is 23.1 Å². The van der Waals surface area contributed by atoms with Crippen LogP contribution in [0.2, 0.25) is 0 Å². The number of fused-ring (bicyclic) bond motifs is 1. The van der Waals surface area contributed by atoms with Crippen LogP contribution in [0.15, 0.2) is 36.4 Å². The van der Waals surface area contributed by atoms with E-state index in [0.29, 0.717) is 35.0 Å². The van der Waals surface area contributed by atoms with Crippen LogP contribution in [0.5, 0.6) is 5.88 Å². The number of pyridine rings is 1. The van der Waals surface area contributed by atoms with E-state index in [2.05, 4.69) is 23.7 Å². The van der Waals surface area contributed by atoms with Crippen molar-refractivity contribution in [3.63, 3.8) is 0 Å². The van der Waals surface area contributed by atoms with Crippen molar-refractivity contribution in [3.05, 3.63) is 69.9 Å². The molecular formula is C30H31FN6O4S. The maximum Gasteiger partial charge on any atom is 0.365 e. The van der Waals surface area contributed by atoms with Crippen molar-refractivity contribution >= 4 is 27.8 Å². The van der Waals surface area contributed by atoms with Crippen LogP contribution in [0.4, 0.5) is 4.39 Å². The molecule has 0 aliphatic carbocycles. The molecule has 0 amide bonds. The number of benzene rings is 1. The van der Waals surface area contributed by atoms with Gasteiger partial charge in [0.05, 0.1) is 36.5 Å². The number of thiazole rings is 1. The van der Waals surface area contributed by atoms with Gasteiger partial charge in [0.1, 0.15) is 18.2 Å². The molecule has 42 heavy (non-hydrogen) atoms. The van der Waals surface area contributed by atoms with Gasteiger partial charge in [-0.15, -0.1) is 0 Å². The molecule has 0 unspecified atom stereocenters. The summed E-state index contributed by atoms with van der Waals surface area (Å²) in [5.41, 5.74) is 1.99. The summed E-state index contributed by atoms with van der Waals surface area (Å²) in [6.07, 6.45) is 1.93. The molecule has 3 atom stereocenters. The molecule has 0 saturated carbocycles. The first-order valence-corrected chi connectivity index (χ1v) is 14.8. The Labute approximate surface area is 246 Å². The summed E-state index contributed by atoms with van der Waals surface area (Å²) in [5.74, 6) is 0.0500. The summed E-state index contributed by atoms with van der Waals surface area (Å²) >= 11 is 1.10. The van der Waals surface area contributed by atoms with E-state index in [1.54, 1.807) is 18.2 Å². The summed E-state index contributed by atoms with van der Waals surface area (Å²) in [6, 6.07) is 12.0. The number of likely N-dealkylation sites (tertiary alicyclic amines) is 1. The van der Waals surface area contributed by atoms with Gasteiger partial charge in [-0.1, -0.05) is 37.3 Å². The predicted octanol–water partition coefficient (Wildman–Crippen LogP) is 4.76. The van der Waals surface area contributed by atoms with Crippen LogP contribution in [0.3, 0.4) is 0 Å². The molecule has 0 radical (unpaired) electrons. The molecule has 3 aromatic heterocycles. The molecule has 218 valence electrons. The van der Waals surface area contributed by atoms with Crippen molar-refractivity contribution in [2.75, 3.05) is 19.7 Å². The minimum atomic E-state index is -1.04. The Morgan fingerprint density at radius 3 is 2.83 bits per heavy atom. The maximum absolute atomic E-state index is 14.3. The lowest BCUT2D eigenvalue weighted by Crippen LogP contribution is -2.47. The summed E-state index contributed by atoms with van der Waals surface area (Å²) < 4.78 is 27.9. The van der Waals surface area contributed by atoms with Gasteiger partial charge in [0.25, 0.3) is 0 Å². The average molecular weight is 591 g/mol. The third-order valence-electron chi connectivity index (χ3n) is 8.55. The number of carbonyl (C=O) groups is 1. The van der Waals surface area contributed by atoms with Crippen molar-refractivity contribution in [2.45, 2.75) is 57.9 Å². The molecule has 12 heteroatoms. The molecule has 2 aliphatic rings. The van der Waals surface area contributed by atoms with Crippen LogP contribution >= 0.6 is 11.3 Å². The number of aromatic nitrogens is 4. The molecule has 2 aliphatic heterocycles. The van der Waals surface area contributed by atoms with Gasteiger partial charge in [-0.3, -0.25) is 4.90 Å². The van der Waals surface area contributed by atoms with Crippen LogP contribution in [-0.4, -0.2) is 61.3 Å². The molecular weight excluding hydrogens is 559 g/mol. The lowest BCUT2D eigenvalue weighted by Gasteiger charge is -2.44. The molecule has 4 aromatic rings. The Bertz CT molecular complexity index is 1680. The lowest BCUT2D eigenvalue weighted by molar-refractivity contribution is -0.0593. The van der Waals surface area contributed by atoms with Crippen molar-refractivity contribution < 1.29 is 23.8 Å². The zero-order valence-corrected chi connectivity index (χ0v) is 24.2. The summed E-state index contributed by atoms with van der Waals surface area (Å²) in [4.78, 5) is 28.5. The van der Waals surface area contributed by atoms with Crippen LogP contribution in [0.1, 0.15) is 59.1 Å². The number of aromatic carboxylic acids is 1. The monoisotopic (exact) mass is 590 g/mol. The highest BCUT2D eigenvalue weighted by molar-refractivity contribution is 7.19. The number of nitriles is 1. The fraction of sp³-hybridized carbons (Fsp3) is 0.433. The van der Waals surface area contributed by atoms with E-state index >= 15 is 0 Å². The molecule has 5 heterocycles. The number of hydrogen-bond donors (Lipinski definition) is 1. The highest BCUT2D eigenvalue weighted by Gasteiger charge is 2.40. The summed E-state index contributed by atoms with van der Waals surface area (Å²) in [7, 11) is 0. The first kappa shape index (κ1) is 28.2. The predicted molar refractivity (Wildman–Crippen MR) is 153 cm³/mol. The fourth-order valence-electron chi connectivity index (χ4n) is 5.63. The van der Waals surface area contributed by atoms with Gasteiger partial charge in [0.2, 0.25) is 10.9 Å². The number of imidazole rings is 1. The Morgan fingerprint density at radius 1 is 1.31 bits per heavy atom. The van der Waals surface area contributed by atoms with Crippen LogP contribution in [-0.2, 0) is 29.8 Å². The van der Waals surface area contributed by atoms with E-state index in [9.17, 15) is 14.3 Å². The van der Waals surface area contributed by atoms with Crippen molar-refractivity contribution in [1.82, 2.24) is 24.4 Å². The molecule has 10 nitrogen and oxygen atoms in total. The zero-order valence-electron chi connectivity index (χ0n) is 23.4. The number of nitrogens with zero attached hydrogens (tertiary/aromatic N) is 6. The number of rotatable bonds is 9. The molecule has 6 rings (SSSR count). The summed E-state index contributed by atoms with van der Waals surface area (Å²) in [5, 5.41) is 18.4. The molecule has 2 fully saturated rings. The molecule has 2 saturated heterocycles. The third-order valence-corrected chi connectivity index (χ3v) is 9.48. The van der Waals surface area contributed by atoms with E-state index in [4.69, 9.17) is 24.7 Å². The quantitative estimate of drug-likeness (QED) is 0.293. The van der Waals surface area contributed by atoms with Gasteiger partial charge in [-0.05, 0) is 43.5 Å². The first-order chi connectivity index (χ1) is 20.2. The van der Waals surface area contributed by atoms with Crippen LogP contribution < -0.4 is 4.74 Å². The topological polar surface area (TPSA) is 126 Å². The fourth-order valence-corrected chi connectivity index (χ4v) is 6.43. The number of halogens is 1. The van der Waals surface area contributed by atoms with Gasteiger partial charge in [-0.2, -0.15) is 5.26 Å². The van der Waals surface area contributed by atoms with E-state index in [0.717, 1.165) is 55.4 Å². The molecule has 1 aromatic carbocycles. The van der Waals surface area contributed by atoms with Gasteiger partial charge >= 0.3 is 5.97 Å². The first-order valence-electron chi connectivity index (χ1n) is 14.0. The Morgan fingerprint density at radius 2 is 2.14 bits per heavy atom. The Balaban J connectivity index is 1.14. The van der Waals surface area contributed by atoms with E-state index < -0.39 is 11.8 Å². The molecule has 0 bridgehead atoms. The van der Waals surface area contributed by atoms with Crippen molar-refractivity contribution in [3.8, 4) is 11.9 Å². The average Bonchev–Trinajstić information content (AvgIpc) is 3.50. The van der Waals surface area contributed by atoms with Gasteiger partial charge in [-0.25, -0.2) is 24.1 Å². The second kappa shape index (κ2) is 11.4. The SMILES string of the molecule is C[C@@H]1CN(Cc2nc3sc(C(=O)O)nc3n2C[C@@H]2CCO2)CC[C@@]1(C)c1cccc(OCc2ccc(C#N)cc2F)n1. The van der Waals surface area contributed by atoms with E-state index in [1.165, 1.54) is 6.07 Å². The van der Waals surface area contributed by atoms with Crippen LogP contribution in [0.25, 0.3) is 10.5 Å². The number of piperidine rings is 1. The number of carboxylic acids is 1. The highest BCUT2D eigenvalue weighted by Crippen LogP contribution is 2.39. The molecule has 1 N–H and O–H groups in total. The normalized spacial score (nSPS) is 22.5. The van der Waals surface area contributed by atoms with E-state index in [1.807, 2.05) is 22.8 Å². The highest BCUT2D eigenvalue weighted by atomic mass is 32.1. The van der Waals surface area contributed by atoms with Crippen molar-refractivity contribution in [2.24, 2.45) is 5.92 Å². The smallest absolute Gasteiger partial charge is 0.365 e. The van der Waals surface area contributed by atoms with Gasteiger partial charge in [0, 0.05) is 30.2 Å². The third kappa shape index (κ3) is 5.47. The number of ether oxygens (including phenoxy) is 2. The Kier molecular flexibility index (Phi) is 7.66. The summed E-state index contributed by atoms with van der Waals surface area (Å²) in [6.45, 7) is 8.11. The minimum absolute atomic E-state index is 0.0207. The molecule has 0 spiro atoms. The number of hydrogen-bond acceptors (Lipinski definition) is 9. The lowest BCUT2D eigenvalue weighted by atomic mass is 9.70. The van der Waals surface area contributed by atoms with Gasteiger partial charge in [0.15, 0.2) is 10.5 Å². The number of carboxylic acid groups (broad SMARTS) is 1.